The normalized spacial score (nSPS) is 15.6. The lowest BCUT2D eigenvalue weighted by atomic mass is 10.1. The van der Waals surface area contributed by atoms with Gasteiger partial charge in [-0.1, -0.05) is 0 Å². The van der Waals surface area contributed by atoms with E-state index in [9.17, 15) is 14.5 Å². The number of rotatable bonds is 2. The fraction of sp³-hybridized carbons (Fsp3) is 0.273. The highest BCUT2D eigenvalue weighted by Crippen LogP contribution is 2.46. The van der Waals surface area contributed by atoms with Crippen LogP contribution < -0.4 is 0 Å². The molecule has 3 rings (SSSR count). The Morgan fingerprint density at radius 1 is 1.50 bits per heavy atom. The largest absolute Gasteiger partial charge is 0.361 e. The second-order valence-electron chi connectivity index (χ2n) is 4.10. The quantitative estimate of drug-likeness (QED) is 0.624. The first kappa shape index (κ1) is 9.33. The van der Waals surface area contributed by atoms with Crippen molar-refractivity contribution >= 4 is 16.6 Å². The number of H-pyrrole nitrogens is 1. The summed E-state index contributed by atoms with van der Waals surface area (Å²) in [7, 11) is 0. The zero-order valence-corrected chi connectivity index (χ0v) is 8.37. The van der Waals surface area contributed by atoms with Crippen LogP contribution in [0.1, 0.15) is 24.3 Å². The van der Waals surface area contributed by atoms with Gasteiger partial charge in [-0.3, -0.25) is 10.1 Å². The van der Waals surface area contributed by atoms with Gasteiger partial charge in [0.2, 0.25) is 5.82 Å². The van der Waals surface area contributed by atoms with E-state index in [4.69, 9.17) is 0 Å². The fourth-order valence-electron chi connectivity index (χ4n) is 2.06. The Hall–Kier alpha value is -1.91. The van der Waals surface area contributed by atoms with Gasteiger partial charge in [-0.05, 0) is 30.9 Å². The number of halogens is 1. The van der Waals surface area contributed by atoms with Gasteiger partial charge in [-0.25, -0.2) is 0 Å². The maximum absolute atomic E-state index is 13.9. The third-order valence-corrected chi connectivity index (χ3v) is 3.00. The lowest BCUT2D eigenvalue weighted by molar-refractivity contribution is -0.388. The Morgan fingerprint density at radius 3 is 2.88 bits per heavy atom. The van der Waals surface area contributed by atoms with Crippen molar-refractivity contribution in [1.29, 1.82) is 0 Å². The van der Waals surface area contributed by atoms with Crippen LogP contribution in [0.5, 0.6) is 0 Å². The number of benzene rings is 1. The molecule has 1 aromatic carbocycles. The Kier molecular flexibility index (Phi) is 1.77. The van der Waals surface area contributed by atoms with E-state index in [1.54, 1.807) is 12.3 Å². The number of nitrogens with one attached hydrogen (secondary N) is 1. The molecule has 0 unspecified atom stereocenters. The van der Waals surface area contributed by atoms with Crippen LogP contribution in [0.3, 0.4) is 0 Å². The van der Waals surface area contributed by atoms with Crippen molar-refractivity contribution in [3.8, 4) is 0 Å². The van der Waals surface area contributed by atoms with Crippen LogP contribution in [-0.4, -0.2) is 9.91 Å². The van der Waals surface area contributed by atoms with Gasteiger partial charge in [-0.15, -0.1) is 0 Å². The standard InChI is InChI=1S/C11H9FN2O2/c12-10-7-3-4-13-9(7)5-8(6-1-2-6)11(10)14(15)16/h3-6,13H,1-2H2. The molecule has 1 aliphatic rings. The maximum Gasteiger partial charge on any atom is 0.309 e. The molecule has 2 aromatic rings. The van der Waals surface area contributed by atoms with E-state index in [2.05, 4.69) is 4.98 Å². The summed E-state index contributed by atoms with van der Waals surface area (Å²) < 4.78 is 13.9. The highest BCUT2D eigenvalue weighted by Gasteiger charge is 2.34. The van der Waals surface area contributed by atoms with Crippen LogP contribution in [0.25, 0.3) is 10.9 Å². The van der Waals surface area contributed by atoms with E-state index in [-0.39, 0.29) is 17.0 Å². The number of nitro benzene ring substituents is 1. The Labute approximate surface area is 90.2 Å². The topological polar surface area (TPSA) is 58.9 Å². The Bertz CT molecular complexity index is 587. The van der Waals surface area contributed by atoms with Crippen molar-refractivity contribution in [3.05, 3.63) is 39.8 Å². The molecule has 1 aromatic heterocycles. The van der Waals surface area contributed by atoms with Gasteiger partial charge in [0.05, 0.1) is 4.92 Å². The van der Waals surface area contributed by atoms with Crippen molar-refractivity contribution in [2.75, 3.05) is 0 Å². The van der Waals surface area contributed by atoms with Crippen LogP contribution in [0.2, 0.25) is 0 Å². The molecular weight excluding hydrogens is 211 g/mol. The lowest BCUT2D eigenvalue weighted by Gasteiger charge is -2.03. The monoisotopic (exact) mass is 220 g/mol. The molecule has 1 heterocycles. The van der Waals surface area contributed by atoms with Crippen LogP contribution in [0.4, 0.5) is 10.1 Å². The summed E-state index contributed by atoms with van der Waals surface area (Å²) in [6.45, 7) is 0. The van der Waals surface area contributed by atoms with Gasteiger partial charge in [0.15, 0.2) is 0 Å². The van der Waals surface area contributed by atoms with Crippen LogP contribution in [0.15, 0.2) is 18.3 Å². The zero-order valence-electron chi connectivity index (χ0n) is 8.37. The summed E-state index contributed by atoms with van der Waals surface area (Å²) in [5.74, 6) is -0.562. The summed E-state index contributed by atoms with van der Waals surface area (Å²) in [6.07, 6.45) is 3.41. The molecule has 4 nitrogen and oxygen atoms in total. The highest BCUT2D eigenvalue weighted by molar-refractivity contribution is 5.84. The Morgan fingerprint density at radius 2 is 2.25 bits per heavy atom. The SMILES string of the molecule is O=[N+]([O-])c1c(C2CC2)cc2[nH]ccc2c1F. The maximum atomic E-state index is 13.9. The molecule has 0 aliphatic heterocycles. The predicted octanol–water partition coefficient (Wildman–Crippen LogP) is 3.09. The molecule has 0 amide bonds. The van der Waals surface area contributed by atoms with Crippen molar-refractivity contribution in [2.45, 2.75) is 18.8 Å². The van der Waals surface area contributed by atoms with Gasteiger partial charge in [-0.2, -0.15) is 4.39 Å². The van der Waals surface area contributed by atoms with E-state index in [0.717, 1.165) is 12.8 Å². The first-order chi connectivity index (χ1) is 7.68. The number of hydrogen-bond acceptors (Lipinski definition) is 2. The minimum absolute atomic E-state index is 0.155. The third kappa shape index (κ3) is 1.21. The number of aromatic amines is 1. The van der Waals surface area contributed by atoms with Crippen molar-refractivity contribution in [1.82, 2.24) is 4.98 Å². The van der Waals surface area contributed by atoms with E-state index in [0.29, 0.717) is 11.1 Å². The minimum atomic E-state index is -0.717. The zero-order chi connectivity index (χ0) is 11.3. The molecule has 0 saturated heterocycles. The van der Waals surface area contributed by atoms with Crippen molar-refractivity contribution in [2.24, 2.45) is 0 Å². The number of aromatic nitrogens is 1. The summed E-state index contributed by atoms with van der Waals surface area (Å²) >= 11 is 0. The van der Waals surface area contributed by atoms with E-state index in [1.807, 2.05) is 0 Å². The number of nitrogens with zero attached hydrogens (tertiary/aromatic N) is 1. The smallest absolute Gasteiger partial charge is 0.309 e. The van der Waals surface area contributed by atoms with Gasteiger partial charge in [0.1, 0.15) is 0 Å². The molecule has 0 atom stereocenters. The highest BCUT2D eigenvalue weighted by atomic mass is 19.1. The molecule has 16 heavy (non-hydrogen) atoms. The lowest BCUT2D eigenvalue weighted by Crippen LogP contribution is -1.98. The van der Waals surface area contributed by atoms with Gasteiger partial charge < -0.3 is 4.98 Å². The number of nitro groups is 1. The van der Waals surface area contributed by atoms with E-state index in [1.165, 1.54) is 6.07 Å². The average molecular weight is 220 g/mol. The summed E-state index contributed by atoms with van der Waals surface area (Å²) in [5.41, 5.74) is 0.803. The predicted molar refractivity (Wildman–Crippen MR) is 56.9 cm³/mol. The molecular formula is C11H9FN2O2. The molecule has 0 bridgehead atoms. The fourth-order valence-corrected chi connectivity index (χ4v) is 2.06. The molecule has 5 heteroatoms. The molecule has 0 spiro atoms. The molecule has 82 valence electrons. The molecule has 1 fully saturated rings. The molecule has 0 radical (unpaired) electrons. The summed E-state index contributed by atoms with van der Waals surface area (Å²) in [4.78, 5) is 13.2. The van der Waals surface area contributed by atoms with Gasteiger partial charge in [0.25, 0.3) is 0 Å². The molecule has 1 saturated carbocycles. The van der Waals surface area contributed by atoms with Crippen LogP contribution in [0, 0.1) is 15.9 Å². The van der Waals surface area contributed by atoms with E-state index >= 15 is 0 Å². The number of hydrogen-bond donors (Lipinski definition) is 1. The van der Waals surface area contributed by atoms with E-state index < -0.39 is 10.7 Å². The minimum Gasteiger partial charge on any atom is -0.361 e. The molecule has 1 N–H and O–H groups in total. The average Bonchev–Trinajstić information content (AvgIpc) is 2.96. The second kappa shape index (κ2) is 3.04. The molecule has 1 aliphatic carbocycles. The van der Waals surface area contributed by atoms with Crippen LogP contribution >= 0.6 is 0 Å². The second-order valence-corrected chi connectivity index (χ2v) is 4.10. The first-order valence-corrected chi connectivity index (χ1v) is 5.12. The van der Waals surface area contributed by atoms with Crippen molar-refractivity contribution < 1.29 is 9.31 Å². The Balaban J connectivity index is 2.36. The first-order valence-electron chi connectivity index (χ1n) is 5.12. The third-order valence-electron chi connectivity index (χ3n) is 3.00. The summed E-state index contributed by atoms with van der Waals surface area (Å²) in [5, 5.41) is 11.2. The van der Waals surface area contributed by atoms with Gasteiger partial charge >= 0.3 is 5.69 Å². The van der Waals surface area contributed by atoms with Crippen LogP contribution in [-0.2, 0) is 0 Å². The van der Waals surface area contributed by atoms with Crippen molar-refractivity contribution in [3.63, 3.8) is 0 Å². The van der Waals surface area contributed by atoms with Gasteiger partial charge in [0, 0.05) is 22.7 Å². The number of fused-ring (bicyclic) bond motifs is 1. The summed E-state index contributed by atoms with van der Waals surface area (Å²) in [6, 6.07) is 3.22.